The number of piperazine rings is 1. The molecule has 2 aromatic rings. The van der Waals surface area contributed by atoms with Crippen molar-refractivity contribution in [3.63, 3.8) is 0 Å². The third-order valence-electron chi connectivity index (χ3n) is 5.06. The molecule has 0 unspecified atom stereocenters. The Morgan fingerprint density at radius 2 is 1.83 bits per heavy atom. The number of amides is 1. The molecule has 29 heavy (non-hydrogen) atoms. The molecule has 9 heteroatoms. The van der Waals surface area contributed by atoms with Gasteiger partial charge < -0.3 is 9.80 Å². The van der Waals surface area contributed by atoms with Gasteiger partial charge in [-0.3, -0.25) is 14.9 Å². The summed E-state index contributed by atoms with van der Waals surface area (Å²) < 4.78 is 0. The molecule has 0 saturated carbocycles. The van der Waals surface area contributed by atoms with Gasteiger partial charge in [-0.25, -0.2) is 9.97 Å². The number of rotatable bonds is 4. The second-order valence-corrected chi connectivity index (χ2v) is 7.86. The van der Waals surface area contributed by atoms with Gasteiger partial charge in [0.25, 0.3) is 11.6 Å². The van der Waals surface area contributed by atoms with E-state index in [9.17, 15) is 14.9 Å². The minimum atomic E-state index is -0.579. The highest BCUT2D eigenvalue weighted by molar-refractivity contribution is 6.32. The zero-order valence-corrected chi connectivity index (χ0v) is 17.7. The molecule has 1 aromatic carbocycles. The number of hydrogen-bond acceptors (Lipinski definition) is 6. The maximum Gasteiger partial charge on any atom is 0.288 e. The Hall–Kier alpha value is -2.74. The van der Waals surface area contributed by atoms with Crippen molar-refractivity contribution in [2.24, 2.45) is 0 Å². The molecule has 8 nitrogen and oxygen atoms in total. The van der Waals surface area contributed by atoms with E-state index < -0.39 is 4.92 Å². The molecule has 0 radical (unpaired) electrons. The first-order valence-corrected chi connectivity index (χ1v) is 9.90. The van der Waals surface area contributed by atoms with Gasteiger partial charge in [-0.2, -0.15) is 0 Å². The van der Waals surface area contributed by atoms with Crippen LogP contribution in [-0.2, 0) is 0 Å². The van der Waals surface area contributed by atoms with Crippen LogP contribution in [0.15, 0.2) is 18.2 Å². The lowest BCUT2D eigenvalue weighted by atomic mass is 10.0. The molecule has 0 bridgehead atoms. The standard InChI is InChI=1S/C20H24ClN5O3/c1-12(2)18-13(3)22-14(4)23-19(18)24-7-9-25(10-8-24)20(27)15-5-6-16(21)17(11-15)26(28)29/h5-6,11-12H,7-10H2,1-4H3. The second-order valence-electron chi connectivity index (χ2n) is 7.45. The Morgan fingerprint density at radius 3 is 2.41 bits per heavy atom. The van der Waals surface area contributed by atoms with Crippen LogP contribution in [0.3, 0.4) is 0 Å². The highest BCUT2D eigenvalue weighted by atomic mass is 35.5. The molecule has 3 rings (SSSR count). The smallest absolute Gasteiger partial charge is 0.288 e. The minimum Gasteiger partial charge on any atom is -0.353 e. The molecule has 0 aliphatic carbocycles. The molecule has 154 valence electrons. The number of carbonyl (C=O) groups is 1. The van der Waals surface area contributed by atoms with E-state index in [1.807, 2.05) is 13.8 Å². The largest absolute Gasteiger partial charge is 0.353 e. The predicted octanol–water partition coefficient (Wildman–Crippen LogP) is 3.74. The lowest BCUT2D eigenvalue weighted by Crippen LogP contribution is -2.49. The quantitative estimate of drug-likeness (QED) is 0.555. The molecule has 1 amide bonds. The summed E-state index contributed by atoms with van der Waals surface area (Å²) >= 11 is 5.85. The van der Waals surface area contributed by atoms with Crippen molar-refractivity contribution in [2.45, 2.75) is 33.6 Å². The normalized spacial score (nSPS) is 14.4. The minimum absolute atomic E-state index is 0.0204. The molecular weight excluding hydrogens is 394 g/mol. The zero-order valence-electron chi connectivity index (χ0n) is 17.0. The topological polar surface area (TPSA) is 92.5 Å². The fourth-order valence-electron chi connectivity index (χ4n) is 3.71. The Morgan fingerprint density at radius 1 is 1.17 bits per heavy atom. The van der Waals surface area contributed by atoms with Crippen LogP contribution in [0.1, 0.15) is 47.2 Å². The molecule has 1 aromatic heterocycles. The second kappa shape index (κ2) is 8.32. The van der Waals surface area contributed by atoms with Gasteiger partial charge in [0.05, 0.1) is 4.92 Å². The van der Waals surface area contributed by atoms with Gasteiger partial charge in [-0.05, 0) is 31.9 Å². The Kier molecular flexibility index (Phi) is 6.02. The van der Waals surface area contributed by atoms with Gasteiger partial charge in [0.2, 0.25) is 0 Å². The SMILES string of the molecule is Cc1nc(C)c(C(C)C)c(N2CCN(C(=O)c3ccc(Cl)c([N+](=O)[O-])c3)CC2)n1. The average molecular weight is 418 g/mol. The highest BCUT2D eigenvalue weighted by Gasteiger charge is 2.27. The van der Waals surface area contributed by atoms with E-state index in [-0.39, 0.29) is 22.2 Å². The first-order valence-electron chi connectivity index (χ1n) is 9.52. The third-order valence-corrected chi connectivity index (χ3v) is 5.38. The van der Waals surface area contributed by atoms with Crippen molar-refractivity contribution >= 4 is 29.0 Å². The summed E-state index contributed by atoms with van der Waals surface area (Å²) in [4.78, 5) is 36.4. The van der Waals surface area contributed by atoms with Crippen molar-refractivity contribution < 1.29 is 9.72 Å². The van der Waals surface area contributed by atoms with Crippen LogP contribution in [0.25, 0.3) is 0 Å². The van der Waals surface area contributed by atoms with Gasteiger partial charge in [0, 0.05) is 49.1 Å². The van der Waals surface area contributed by atoms with Crippen molar-refractivity contribution in [1.82, 2.24) is 14.9 Å². The van der Waals surface area contributed by atoms with E-state index in [0.717, 1.165) is 22.9 Å². The molecule has 1 fully saturated rings. The molecular formula is C20H24ClN5O3. The van der Waals surface area contributed by atoms with Gasteiger partial charge in [-0.15, -0.1) is 0 Å². The number of aromatic nitrogens is 2. The first kappa shape index (κ1) is 21.0. The van der Waals surface area contributed by atoms with E-state index in [0.29, 0.717) is 32.1 Å². The fourth-order valence-corrected chi connectivity index (χ4v) is 3.90. The molecule has 1 aliphatic heterocycles. The van der Waals surface area contributed by atoms with E-state index in [4.69, 9.17) is 11.6 Å². The number of benzene rings is 1. The van der Waals surface area contributed by atoms with E-state index in [1.165, 1.54) is 18.2 Å². The average Bonchev–Trinajstić information content (AvgIpc) is 2.66. The number of carbonyl (C=O) groups excluding carboxylic acids is 1. The van der Waals surface area contributed by atoms with Crippen LogP contribution in [0.4, 0.5) is 11.5 Å². The Bertz CT molecular complexity index is 955. The van der Waals surface area contributed by atoms with Crippen molar-refractivity contribution in [3.05, 3.63) is 56.0 Å². The molecule has 1 aliphatic rings. The number of nitrogens with zero attached hydrogens (tertiary/aromatic N) is 5. The Balaban J connectivity index is 1.77. The van der Waals surface area contributed by atoms with Crippen LogP contribution in [0.2, 0.25) is 5.02 Å². The zero-order chi connectivity index (χ0) is 21.3. The number of anilines is 1. The van der Waals surface area contributed by atoms with Gasteiger partial charge in [-0.1, -0.05) is 25.4 Å². The van der Waals surface area contributed by atoms with Gasteiger partial charge in [0.15, 0.2) is 0 Å². The van der Waals surface area contributed by atoms with E-state index in [2.05, 4.69) is 28.7 Å². The number of halogens is 1. The van der Waals surface area contributed by atoms with Crippen molar-refractivity contribution in [2.75, 3.05) is 31.1 Å². The van der Waals surface area contributed by atoms with E-state index in [1.54, 1.807) is 4.90 Å². The maximum absolute atomic E-state index is 12.8. The number of aryl methyl sites for hydroxylation is 2. The molecule has 1 saturated heterocycles. The first-order chi connectivity index (χ1) is 13.7. The molecule has 0 spiro atoms. The summed E-state index contributed by atoms with van der Waals surface area (Å²) in [5.74, 6) is 1.72. The van der Waals surface area contributed by atoms with Crippen LogP contribution < -0.4 is 4.90 Å². The summed E-state index contributed by atoms with van der Waals surface area (Å²) in [5, 5.41) is 11.1. The lowest BCUT2D eigenvalue weighted by molar-refractivity contribution is -0.384. The summed E-state index contributed by atoms with van der Waals surface area (Å²) in [5.41, 5.74) is 2.12. The van der Waals surface area contributed by atoms with Crippen LogP contribution in [0.5, 0.6) is 0 Å². The fraction of sp³-hybridized carbons (Fsp3) is 0.450. The van der Waals surface area contributed by atoms with E-state index >= 15 is 0 Å². The number of nitro groups is 1. The highest BCUT2D eigenvalue weighted by Crippen LogP contribution is 2.29. The van der Waals surface area contributed by atoms with Crippen molar-refractivity contribution in [1.29, 1.82) is 0 Å². The maximum atomic E-state index is 12.8. The predicted molar refractivity (Wildman–Crippen MR) is 112 cm³/mol. The summed E-state index contributed by atoms with van der Waals surface area (Å²) in [6, 6.07) is 4.16. The van der Waals surface area contributed by atoms with Crippen LogP contribution in [-0.4, -0.2) is 51.9 Å². The van der Waals surface area contributed by atoms with Crippen LogP contribution in [0, 0.1) is 24.0 Å². The lowest BCUT2D eigenvalue weighted by Gasteiger charge is -2.37. The Labute approximate surface area is 174 Å². The monoisotopic (exact) mass is 417 g/mol. The molecule has 2 heterocycles. The summed E-state index contributed by atoms with van der Waals surface area (Å²) in [6.45, 7) is 10.4. The van der Waals surface area contributed by atoms with Gasteiger partial charge in [0.1, 0.15) is 16.7 Å². The third kappa shape index (κ3) is 4.32. The summed E-state index contributed by atoms with van der Waals surface area (Å²) in [6.07, 6.45) is 0. The number of nitro benzene ring substituents is 1. The summed E-state index contributed by atoms with van der Waals surface area (Å²) in [7, 11) is 0. The number of hydrogen-bond donors (Lipinski definition) is 0. The molecule has 0 N–H and O–H groups in total. The molecule has 0 atom stereocenters. The van der Waals surface area contributed by atoms with Crippen LogP contribution >= 0.6 is 11.6 Å². The van der Waals surface area contributed by atoms with Crippen molar-refractivity contribution in [3.8, 4) is 0 Å². The van der Waals surface area contributed by atoms with Gasteiger partial charge >= 0.3 is 0 Å².